The summed E-state index contributed by atoms with van der Waals surface area (Å²) in [7, 11) is 0. The van der Waals surface area contributed by atoms with Gasteiger partial charge in [-0.05, 0) is 24.6 Å². The smallest absolute Gasteiger partial charge is 0.348 e. The molecule has 0 spiro atoms. The Bertz CT molecular complexity index is 842. The summed E-state index contributed by atoms with van der Waals surface area (Å²) in [6.45, 7) is 1.52. The molecule has 1 aliphatic rings. The lowest BCUT2D eigenvalue weighted by molar-refractivity contribution is -0.134. The van der Waals surface area contributed by atoms with Gasteiger partial charge in [0.05, 0.1) is 17.1 Å². The third-order valence-electron chi connectivity index (χ3n) is 3.68. The lowest BCUT2D eigenvalue weighted by Crippen LogP contribution is -2.28. The number of amides is 1. The minimum atomic E-state index is -0.614. The summed E-state index contributed by atoms with van der Waals surface area (Å²) < 4.78 is 5.04. The highest BCUT2D eigenvalue weighted by molar-refractivity contribution is 7.15. The first-order valence-corrected chi connectivity index (χ1v) is 8.57. The van der Waals surface area contributed by atoms with Crippen LogP contribution in [0.2, 0.25) is 0 Å². The highest BCUT2D eigenvalue weighted by Crippen LogP contribution is 2.18. The summed E-state index contributed by atoms with van der Waals surface area (Å²) >= 11 is 1.05. The first-order valence-electron chi connectivity index (χ1n) is 7.76. The summed E-state index contributed by atoms with van der Waals surface area (Å²) in [5.74, 6) is -1.10. The molecule has 6 nitrogen and oxygen atoms in total. The zero-order valence-electron chi connectivity index (χ0n) is 13.6. The molecule has 7 heteroatoms. The third-order valence-corrected chi connectivity index (χ3v) is 4.84. The van der Waals surface area contributed by atoms with Crippen LogP contribution in [0.1, 0.15) is 38.3 Å². The molecule has 1 aliphatic heterocycles. The van der Waals surface area contributed by atoms with Gasteiger partial charge in [0.25, 0.3) is 5.91 Å². The van der Waals surface area contributed by atoms with Crippen molar-refractivity contribution in [1.29, 1.82) is 0 Å². The van der Waals surface area contributed by atoms with E-state index in [1.807, 2.05) is 30.3 Å². The molecule has 0 radical (unpaired) electrons. The molecule has 0 unspecified atom stereocenters. The quantitative estimate of drug-likeness (QED) is 0.610. The summed E-state index contributed by atoms with van der Waals surface area (Å²) in [5.41, 5.74) is 1.81. The van der Waals surface area contributed by atoms with Crippen molar-refractivity contribution in [3.8, 4) is 0 Å². The number of ketones is 1. The number of hydrogen-bond donors (Lipinski definition) is 0. The van der Waals surface area contributed by atoms with Crippen LogP contribution >= 0.6 is 11.3 Å². The Morgan fingerprint density at radius 1 is 1.12 bits per heavy atom. The van der Waals surface area contributed by atoms with Gasteiger partial charge in [-0.1, -0.05) is 30.3 Å². The molecule has 2 aromatic rings. The molecule has 25 heavy (non-hydrogen) atoms. The lowest BCUT2D eigenvalue weighted by atomic mass is 10.1. The van der Waals surface area contributed by atoms with Gasteiger partial charge < -0.3 is 4.74 Å². The molecule has 1 aromatic heterocycles. The van der Waals surface area contributed by atoms with Gasteiger partial charge in [0.2, 0.25) is 0 Å². The Hall–Kier alpha value is -2.80. The number of hydrazone groups is 1. The maximum absolute atomic E-state index is 12.2. The van der Waals surface area contributed by atoms with Crippen molar-refractivity contribution in [3.63, 3.8) is 0 Å². The van der Waals surface area contributed by atoms with Gasteiger partial charge in [0, 0.05) is 6.42 Å². The first kappa shape index (κ1) is 17.0. The van der Waals surface area contributed by atoms with E-state index in [0.717, 1.165) is 22.6 Å². The highest BCUT2D eigenvalue weighted by atomic mass is 32.1. The second-order valence-corrected chi connectivity index (χ2v) is 6.56. The van der Waals surface area contributed by atoms with Crippen molar-refractivity contribution in [2.24, 2.45) is 5.10 Å². The number of nitrogens with zero attached hydrogens (tertiary/aromatic N) is 2. The molecule has 2 heterocycles. The standard InChI is InChI=1S/C18H16N2O4S/c1-12(21)15-7-8-16(25-15)18(23)24-11-17(22)20-10-9-14(19-20)13-5-3-2-4-6-13/h2-8H,9-11H2,1H3. The SMILES string of the molecule is CC(=O)c1ccc(C(=O)OCC(=O)N2CCC(c3ccccc3)=N2)s1. The molecular weight excluding hydrogens is 340 g/mol. The molecule has 3 rings (SSSR count). The third kappa shape index (κ3) is 4.00. The monoisotopic (exact) mass is 356 g/mol. The van der Waals surface area contributed by atoms with Crippen molar-refractivity contribution in [2.45, 2.75) is 13.3 Å². The molecule has 0 bridgehead atoms. The van der Waals surface area contributed by atoms with Crippen LogP contribution in [0.3, 0.4) is 0 Å². The molecule has 0 saturated carbocycles. The summed E-state index contributed by atoms with van der Waals surface area (Å²) in [4.78, 5) is 36.2. The summed E-state index contributed by atoms with van der Waals surface area (Å²) in [5, 5.41) is 5.63. The molecule has 1 aromatic carbocycles. The van der Waals surface area contributed by atoms with Gasteiger partial charge in [-0.3, -0.25) is 9.59 Å². The van der Waals surface area contributed by atoms with Crippen LogP contribution < -0.4 is 0 Å². The predicted octanol–water partition coefficient (Wildman–Crippen LogP) is 2.74. The van der Waals surface area contributed by atoms with E-state index < -0.39 is 5.97 Å². The maximum atomic E-state index is 12.2. The van der Waals surface area contributed by atoms with Crippen LogP contribution in [0, 0.1) is 0 Å². The van der Waals surface area contributed by atoms with Gasteiger partial charge in [-0.2, -0.15) is 5.10 Å². The number of ether oxygens (including phenoxy) is 1. The number of rotatable bonds is 5. The number of carbonyl (C=O) groups is 3. The fourth-order valence-electron chi connectivity index (χ4n) is 2.38. The van der Waals surface area contributed by atoms with E-state index in [9.17, 15) is 14.4 Å². The Balaban J connectivity index is 1.57. The number of thiophene rings is 1. The summed E-state index contributed by atoms with van der Waals surface area (Å²) in [6.07, 6.45) is 0.663. The van der Waals surface area contributed by atoms with E-state index >= 15 is 0 Å². The van der Waals surface area contributed by atoms with Crippen molar-refractivity contribution in [3.05, 3.63) is 57.8 Å². The minimum absolute atomic E-state index is 0.111. The van der Waals surface area contributed by atoms with Crippen molar-refractivity contribution in [1.82, 2.24) is 5.01 Å². The Labute approximate surface area is 148 Å². The molecule has 0 saturated heterocycles. The largest absolute Gasteiger partial charge is 0.451 e. The minimum Gasteiger partial charge on any atom is -0.451 e. The van der Waals surface area contributed by atoms with Crippen molar-refractivity contribution >= 4 is 34.7 Å². The normalized spacial score (nSPS) is 13.5. The molecule has 0 atom stereocenters. The Kier molecular flexibility index (Phi) is 5.04. The van der Waals surface area contributed by atoms with Gasteiger partial charge in [0.15, 0.2) is 12.4 Å². The van der Waals surface area contributed by atoms with Gasteiger partial charge >= 0.3 is 5.97 Å². The first-order chi connectivity index (χ1) is 12.0. The number of hydrogen-bond acceptors (Lipinski definition) is 6. The zero-order chi connectivity index (χ0) is 17.8. The van der Waals surface area contributed by atoms with E-state index in [1.54, 1.807) is 6.07 Å². The van der Waals surface area contributed by atoms with E-state index in [4.69, 9.17) is 4.74 Å². The predicted molar refractivity (Wildman–Crippen MR) is 93.9 cm³/mol. The Morgan fingerprint density at radius 3 is 2.52 bits per heavy atom. The van der Waals surface area contributed by atoms with E-state index in [-0.39, 0.29) is 18.3 Å². The molecule has 0 fully saturated rings. The molecule has 0 aliphatic carbocycles. The second kappa shape index (κ2) is 7.40. The lowest BCUT2D eigenvalue weighted by Gasteiger charge is -2.11. The fourth-order valence-corrected chi connectivity index (χ4v) is 3.18. The van der Waals surface area contributed by atoms with Gasteiger partial charge in [0.1, 0.15) is 4.88 Å². The Morgan fingerprint density at radius 2 is 1.84 bits per heavy atom. The maximum Gasteiger partial charge on any atom is 0.348 e. The number of carbonyl (C=O) groups excluding carboxylic acids is 3. The van der Waals surface area contributed by atoms with Gasteiger partial charge in [-0.15, -0.1) is 11.3 Å². The number of benzene rings is 1. The molecular formula is C18H16N2O4S. The number of esters is 1. The number of Topliss-reactive ketones (excluding diaryl/α,β-unsaturated/α-hetero) is 1. The summed E-state index contributed by atoms with van der Waals surface area (Å²) in [6, 6.07) is 12.7. The van der Waals surface area contributed by atoms with Crippen molar-refractivity contribution < 1.29 is 19.1 Å². The van der Waals surface area contributed by atoms with E-state index in [1.165, 1.54) is 18.0 Å². The van der Waals surface area contributed by atoms with Gasteiger partial charge in [-0.25, -0.2) is 9.80 Å². The van der Waals surface area contributed by atoms with Crippen LogP contribution in [-0.4, -0.2) is 41.5 Å². The second-order valence-electron chi connectivity index (χ2n) is 5.48. The van der Waals surface area contributed by atoms with E-state index in [2.05, 4.69) is 5.10 Å². The van der Waals surface area contributed by atoms with Crippen LogP contribution in [-0.2, 0) is 9.53 Å². The fraction of sp³-hybridized carbons (Fsp3) is 0.222. The molecule has 0 N–H and O–H groups in total. The van der Waals surface area contributed by atoms with Crippen LogP contribution in [0.5, 0.6) is 0 Å². The van der Waals surface area contributed by atoms with E-state index in [0.29, 0.717) is 22.7 Å². The molecule has 1 amide bonds. The van der Waals surface area contributed by atoms with Crippen LogP contribution in [0.15, 0.2) is 47.6 Å². The van der Waals surface area contributed by atoms with Crippen LogP contribution in [0.4, 0.5) is 0 Å². The average Bonchev–Trinajstić information content (AvgIpc) is 3.29. The average molecular weight is 356 g/mol. The highest BCUT2D eigenvalue weighted by Gasteiger charge is 2.23. The topological polar surface area (TPSA) is 76.0 Å². The van der Waals surface area contributed by atoms with Crippen LogP contribution in [0.25, 0.3) is 0 Å². The molecule has 128 valence electrons. The zero-order valence-corrected chi connectivity index (χ0v) is 14.4. The van der Waals surface area contributed by atoms with Crippen molar-refractivity contribution in [2.75, 3.05) is 13.2 Å².